The average molecular weight is 583 g/mol. The summed E-state index contributed by atoms with van der Waals surface area (Å²) in [5.74, 6) is -0.146. The molecule has 1 saturated carbocycles. The van der Waals surface area contributed by atoms with Crippen LogP contribution in [0.5, 0.6) is 0 Å². The number of hydrogen-bond donors (Lipinski definition) is 1. The Kier molecular flexibility index (Phi) is 3.71. The van der Waals surface area contributed by atoms with E-state index in [1.54, 1.807) is 9.76 Å². The van der Waals surface area contributed by atoms with Gasteiger partial charge in [0.05, 0.1) is 0 Å². The molecule has 121 valence electrons. The van der Waals surface area contributed by atoms with Gasteiger partial charge < -0.3 is 0 Å². The molecule has 24 heavy (non-hydrogen) atoms. The Morgan fingerprint density at radius 2 is 2.21 bits per heavy atom. The van der Waals surface area contributed by atoms with Crippen LogP contribution in [0.4, 0.5) is 0 Å². The fourth-order valence-electron chi connectivity index (χ4n) is 3.09. The first-order valence-corrected chi connectivity index (χ1v) is 9.83. The molecule has 7 nitrogen and oxygen atoms in total. The van der Waals surface area contributed by atoms with Gasteiger partial charge in [-0.15, -0.1) is 0 Å². The quantitative estimate of drug-likeness (QED) is 0.477. The molecule has 0 saturated heterocycles. The zero-order valence-electron chi connectivity index (χ0n) is 12.7. The van der Waals surface area contributed by atoms with Crippen LogP contribution >= 0.6 is 15.9 Å². The minimum atomic E-state index is -0.580. The number of hydrogen-bond acceptors (Lipinski definition) is 4. The molecule has 4 rings (SSSR count). The molecule has 1 aliphatic rings. The Morgan fingerprint density at radius 1 is 1.46 bits per heavy atom. The molecule has 1 aromatic carbocycles. The summed E-state index contributed by atoms with van der Waals surface area (Å²) in [6.07, 6.45) is 1.58. The van der Waals surface area contributed by atoms with Gasteiger partial charge in [0, 0.05) is 0 Å². The van der Waals surface area contributed by atoms with Crippen molar-refractivity contribution in [2.45, 2.75) is 18.4 Å². The van der Waals surface area contributed by atoms with Crippen LogP contribution in [0.2, 0.25) is 0 Å². The molecule has 0 aliphatic heterocycles. The summed E-state index contributed by atoms with van der Waals surface area (Å²) in [5.41, 5.74) is 1.01. The monoisotopic (exact) mass is 583 g/mol. The third-order valence-corrected chi connectivity index (χ3v) is 5.60. The Morgan fingerprint density at radius 3 is 2.79 bits per heavy atom. The summed E-state index contributed by atoms with van der Waals surface area (Å²) in [6.45, 7) is 0. The van der Waals surface area contributed by atoms with E-state index in [-0.39, 0.29) is 5.91 Å². The SMILES string of the molecule is C[N]([Pb])C(=O)c1cc2cc(Br)ccc2n1C1(c2noc(=O)[nH]2)CC1. The van der Waals surface area contributed by atoms with Crippen LogP contribution < -0.4 is 5.76 Å². The predicted octanol–water partition coefficient (Wildman–Crippen LogP) is 1.77. The van der Waals surface area contributed by atoms with E-state index in [1.165, 1.54) is 0 Å². The number of rotatable bonds is 3. The van der Waals surface area contributed by atoms with Gasteiger partial charge >= 0.3 is 162 Å². The van der Waals surface area contributed by atoms with E-state index < -0.39 is 11.3 Å². The van der Waals surface area contributed by atoms with Gasteiger partial charge in [-0.3, -0.25) is 0 Å². The summed E-state index contributed by atoms with van der Waals surface area (Å²) in [5, 5.41) is 4.85. The molecule has 1 fully saturated rings. The number of nitrogens with zero attached hydrogens (tertiary/aromatic N) is 3. The van der Waals surface area contributed by atoms with Crippen molar-refractivity contribution < 1.29 is 9.32 Å². The van der Waals surface area contributed by atoms with Crippen molar-refractivity contribution in [3.63, 3.8) is 0 Å². The zero-order chi connectivity index (χ0) is 17.1. The Bertz CT molecular complexity index is 1020. The number of halogens is 1. The normalized spacial score (nSPS) is 15.6. The molecular formula is C15H12BrN4O3Pb. The fourth-order valence-corrected chi connectivity index (χ4v) is 3.92. The van der Waals surface area contributed by atoms with Gasteiger partial charge in [0.25, 0.3) is 0 Å². The summed E-state index contributed by atoms with van der Waals surface area (Å²) < 4.78 is 9.33. The molecule has 2 heterocycles. The zero-order valence-corrected chi connectivity index (χ0v) is 18.1. The number of carbonyl (C=O) groups excluding carboxylic acids is 1. The molecular weight excluding hydrogens is 571 g/mol. The first kappa shape index (κ1) is 16.1. The number of aromatic nitrogens is 3. The molecule has 1 N–H and O–H groups in total. The molecule has 3 aromatic rings. The first-order chi connectivity index (χ1) is 11.4. The standard InChI is InChI=1S/C15H13BrN4O3.Pb/c1-17-12(21)11-7-8-6-9(16)2-3-10(8)20(11)15(4-5-15)13-18-14(22)23-19-13;/h2-3,6-7H,4-5H2,1H3,(H2,17,18,19,21,22);/q;+1/p-1. The van der Waals surface area contributed by atoms with Crippen molar-refractivity contribution in [1.29, 1.82) is 0 Å². The maximum absolute atomic E-state index is 12.7. The van der Waals surface area contributed by atoms with Gasteiger partial charge in [-0.25, -0.2) is 0 Å². The number of benzene rings is 1. The number of fused-ring (bicyclic) bond motifs is 1. The Balaban J connectivity index is 2.01. The molecule has 1 amide bonds. The molecule has 0 bridgehead atoms. The second-order valence-electron chi connectivity index (χ2n) is 5.91. The van der Waals surface area contributed by atoms with Crippen LogP contribution in [0.1, 0.15) is 29.2 Å². The van der Waals surface area contributed by atoms with E-state index in [2.05, 4.69) is 26.1 Å². The summed E-state index contributed by atoms with van der Waals surface area (Å²) in [4.78, 5) is 26.8. The number of nitrogens with one attached hydrogen (secondary N) is 1. The van der Waals surface area contributed by atoms with Crippen molar-refractivity contribution in [2.24, 2.45) is 0 Å². The van der Waals surface area contributed by atoms with Crippen molar-refractivity contribution in [3.05, 3.63) is 50.8 Å². The molecule has 2 aromatic heterocycles. The van der Waals surface area contributed by atoms with E-state index in [0.29, 0.717) is 37.6 Å². The molecule has 0 atom stereocenters. The number of amides is 1. The van der Waals surface area contributed by atoms with Crippen LogP contribution in [-0.2, 0) is 5.54 Å². The third kappa shape index (κ3) is 2.38. The van der Waals surface area contributed by atoms with E-state index in [9.17, 15) is 9.59 Å². The van der Waals surface area contributed by atoms with Crippen LogP contribution in [0, 0.1) is 0 Å². The van der Waals surface area contributed by atoms with Gasteiger partial charge in [0.2, 0.25) is 0 Å². The average Bonchev–Trinajstić information content (AvgIpc) is 3.06. The minimum absolute atomic E-state index is 0.0360. The van der Waals surface area contributed by atoms with Gasteiger partial charge in [-0.1, -0.05) is 0 Å². The molecule has 0 spiro atoms. The number of H-pyrrole nitrogens is 1. The van der Waals surface area contributed by atoms with Gasteiger partial charge in [-0.05, 0) is 0 Å². The van der Waals surface area contributed by atoms with E-state index in [4.69, 9.17) is 4.52 Å². The molecule has 3 radical (unpaired) electrons. The third-order valence-electron chi connectivity index (χ3n) is 4.32. The molecule has 0 unspecified atom stereocenters. The first-order valence-electron chi connectivity index (χ1n) is 7.30. The van der Waals surface area contributed by atoms with Crippen molar-refractivity contribution in [2.75, 3.05) is 7.05 Å². The van der Waals surface area contributed by atoms with Crippen molar-refractivity contribution >= 4 is 58.8 Å². The van der Waals surface area contributed by atoms with Crippen molar-refractivity contribution in [3.8, 4) is 0 Å². The van der Waals surface area contributed by atoms with Crippen LogP contribution in [0.3, 0.4) is 0 Å². The summed E-state index contributed by atoms with van der Waals surface area (Å²) in [7, 11) is 1.78. The van der Waals surface area contributed by atoms with E-state index in [0.717, 1.165) is 28.2 Å². The van der Waals surface area contributed by atoms with Crippen LogP contribution in [0.25, 0.3) is 10.9 Å². The van der Waals surface area contributed by atoms with Gasteiger partial charge in [0.15, 0.2) is 0 Å². The van der Waals surface area contributed by atoms with Gasteiger partial charge in [-0.2, -0.15) is 0 Å². The number of carbonyl (C=O) groups is 1. The van der Waals surface area contributed by atoms with Crippen LogP contribution in [0.15, 0.2) is 38.1 Å². The second kappa shape index (κ2) is 5.55. The second-order valence-corrected chi connectivity index (χ2v) is 9.43. The molecule has 9 heteroatoms. The predicted molar refractivity (Wildman–Crippen MR) is 90.9 cm³/mol. The number of aromatic amines is 1. The topological polar surface area (TPSA) is 84.1 Å². The Hall–Kier alpha value is -1.43. The van der Waals surface area contributed by atoms with E-state index >= 15 is 0 Å². The Labute approximate surface area is 161 Å². The fraction of sp³-hybridized carbons (Fsp3) is 0.267. The van der Waals surface area contributed by atoms with Gasteiger partial charge in [0.1, 0.15) is 0 Å². The molecule has 1 aliphatic carbocycles. The van der Waals surface area contributed by atoms with E-state index in [1.807, 2.05) is 28.8 Å². The van der Waals surface area contributed by atoms with Crippen LogP contribution in [-0.4, -0.2) is 56.4 Å². The van der Waals surface area contributed by atoms with Crippen molar-refractivity contribution in [1.82, 2.24) is 17.4 Å². The summed E-state index contributed by atoms with van der Waals surface area (Å²) in [6, 6.07) is 7.80. The summed E-state index contributed by atoms with van der Waals surface area (Å²) >= 11 is 4.10. The maximum atomic E-state index is 12.7.